The van der Waals surface area contributed by atoms with Crippen molar-refractivity contribution < 1.29 is 27.1 Å². The third kappa shape index (κ3) is 3.58. The number of aromatic nitrogens is 2. The molecular formula is C16H11F3N4O3. The molecule has 134 valence electrons. The Bertz CT molecular complexity index is 962. The van der Waals surface area contributed by atoms with E-state index in [-0.39, 0.29) is 28.8 Å². The lowest BCUT2D eigenvalue weighted by atomic mass is 10.2. The van der Waals surface area contributed by atoms with E-state index >= 15 is 0 Å². The first-order valence-electron chi connectivity index (χ1n) is 7.15. The quantitative estimate of drug-likeness (QED) is 0.677. The highest BCUT2D eigenvalue weighted by Crippen LogP contribution is 2.21. The largest absolute Gasteiger partial charge is 0.479 e. The van der Waals surface area contributed by atoms with Crippen LogP contribution in [0.2, 0.25) is 0 Å². The Morgan fingerprint density at radius 1 is 1.08 bits per heavy atom. The Morgan fingerprint density at radius 2 is 1.88 bits per heavy atom. The maximum absolute atomic E-state index is 13.5. The molecule has 10 heteroatoms. The molecule has 0 spiro atoms. The summed E-state index contributed by atoms with van der Waals surface area (Å²) in [6, 6.07) is 4.14. The van der Waals surface area contributed by atoms with Gasteiger partial charge in [-0.1, -0.05) is 0 Å². The van der Waals surface area contributed by atoms with Crippen LogP contribution in [0.25, 0.3) is 11.5 Å². The summed E-state index contributed by atoms with van der Waals surface area (Å²) in [7, 11) is 1.27. The minimum atomic E-state index is -1.07. The van der Waals surface area contributed by atoms with E-state index in [1.54, 1.807) is 0 Å². The first-order chi connectivity index (χ1) is 12.5. The van der Waals surface area contributed by atoms with Gasteiger partial charge in [-0.3, -0.25) is 15.6 Å². The monoisotopic (exact) mass is 364 g/mol. The van der Waals surface area contributed by atoms with Gasteiger partial charge in [-0.2, -0.15) is 0 Å². The van der Waals surface area contributed by atoms with Gasteiger partial charge < -0.3 is 9.15 Å². The molecule has 0 saturated carbocycles. The van der Waals surface area contributed by atoms with E-state index in [0.717, 1.165) is 24.4 Å². The lowest BCUT2D eigenvalue weighted by Gasteiger charge is -2.07. The van der Waals surface area contributed by atoms with Crippen LogP contribution in [0.4, 0.5) is 18.9 Å². The molecule has 7 nitrogen and oxygen atoms in total. The average molecular weight is 364 g/mol. The second-order valence-electron chi connectivity index (χ2n) is 4.95. The summed E-state index contributed by atoms with van der Waals surface area (Å²) in [5.41, 5.74) is 5.03. The molecule has 0 aliphatic rings. The molecular weight excluding hydrogens is 353 g/mol. The van der Waals surface area contributed by atoms with Gasteiger partial charge >= 0.3 is 5.91 Å². The second kappa shape index (κ2) is 7.13. The molecule has 0 radical (unpaired) electrons. The van der Waals surface area contributed by atoms with Crippen LogP contribution in [0, 0.1) is 17.5 Å². The first kappa shape index (κ1) is 17.3. The molecule has 2 N–H and O–H groups in total. The number of amides is 1. The highest BCUT2D eigenvalue weighted by atomic mass is 19.2. The molecule has 0 fully saturated rings. The van der Waals surface area contributed by atoms with Gasteiger partial charge in [-0.25, -0.2) is 23.1 Å². The van der Waals surface area contributed by atoms with Crippen molar-refractivity contribution in [2.75, 3.05) is 12.5 Å². The summed E-state index contributed by atoms with van der Waals surface area (Å²) in [4.78, 5) is 19.5. The summed E-state index contributed by atoms with van der Waals surface area (Å²) in [6.07, 6.45) is 2.36. The van der Waals surface area contributed by atoms with Crippen molar-refractivity contribution in [1.29, 1.82) is 0 Å². The van der Waals surface area contributed by atoms with Gasteiger partial charge in [-0.15, -0.1) is 0 Å². The normalized spacial score (nSPS) is 10.5. The maximum Gasteiger partial charge on any atom is 0.307 e. The van der Waals surface area contributed by atoms with Gasteiger partial charge in [-0.05, 0) is 18.2 Å². The van der Waals surface area contributed by atoms with Crippen LogP contribution in [0.3, 0.4) is 0 Å². The van der Waals surface area contributed by atoms with Gasteiger partial charge in [0.25, 0.3) is 0 Å². The van der Waals surface area contributed by atoms with Crippen LogP contribution in [0.1, 0.15) is 10.6 Å². The zero-order chi connectivity index (χ0) is 18.7. The number of pyridine rings is 1. The minimum Gasteiger partial charge on any atom is -0.479 e. The number of anilines is 1. The number of carbonyl (C=O) groups excluding carboxylic acids is 1. The molecule has 3 aromatic rings. The molecule has 0 aliphatic heterocycles. The van der Waals surface area contributed by atoms with E-state index in [0.29, 0.717) is 0 Å². The van der Waals surface area contributed by atoms with Gasteiger partial charge in [0.1, 0.15) is 0 Å². The molecule has 1 aromatic carbocycles. The number of rotatable bonds is 5. The van der Waals surface area contributed by atoms with Crippen LogP contribution in [-0.4, -0.2) is 23.0 Å². The van der Waals surface area contributed by atoms with Crippen LogP contribution in [-0.2, 0) is 0 Å². The Kier molecular flexibility index (Phi) is 4.74. The smallest absolute Gasteiger partial charge is 0.307 e. The highest BCUT2D eigenvalue weighted by molar-refractivity contribution is 5.92. The lowest BCUT2D eigenvalue weighted by molar-refractivity contribution is 0.0936. The number of nitrogens with one attached hydrogen (secondary N) is 2. The van der Waals surface area contributed by atoms with Crippen molar-refractivity contribution in [3.05, 3.63) is 59.9 Å². The van der Waals surface area contributed by atoms with Gasteiger partial charge in [0.05, 0.1) is 25.2 Å². The zero-order valence-corrected chi connectivity index (χ0v) is 13.2. The van der Waals surface area contributed by atoms with Crippen molar-refractivity contribution in [2.45, 2.75) is 0 Å². The molecule has 0 bridgehead atoms. The first-order valence-corrected chi connectivity index (χ1v) is 7.15. The van der Waals surface area contributed by atoms with Crippen LogP contribution < -0.4 is 15.6 Å². The zero-order valence-electron chi connectivity index (χ0n) is 13.2. The SMILES string of the molecule is COc1ncc(NNC(=O)c2cnc(-c3ccc(F)c(F)c3)o2)cc1F. The van der Waals surface area contributed by atoms with E-state index in [1.165, 1.54) is 19.4 Å². The summed E-state index contributed by atoms with van der Waals surface area (Å²) >= 11 is 0. The van der Waals surface area contributed by atoms with Crippen molar-refractivity contribution in [2.24, 2.45) is 0 Å². The van der Waals surface area contributed by atoms with Gasteiger partial charge in [0, 0.05) is 11.6 Å². The Labute approximate surface area is 144 Å². The number of hydrazine groups is 1. The molecule has 0 atom stereocenters. The highest BCUT2D eigenvalue weighted by Gasteiger charge is 2.15. The maximum atomic E-state index is 13.5. The fourth-order valence-electron chi connectivity index (χ4n) is 1.98. The lowest BCUT2D eigenvalue weighted by Crippen LogP contribution is -2.29. The van der Waals surface area contributed by atoms with Crippen LogP contribution >= 0.6 is 0 Å². The summed E-state index contributed by atoms with van der Waals surface area (Å²) in [6.45, 7) is 0. The Balaban J connectivity index is 1.68. The minimum absolute atomic E-state index is 0.0637. The Morgan fingerprint density at radius 3 is 2.58 bits per heavy atom. The topological polar surface area (TPSA) is 89.3 Å². The number of ether oxygens (including phenoxy) is 1. The van der Waals surface area contributed by atoms with Gasteiger partial charge in [0.2, 0.25) is 17.5 Å². The van der Waals surface area contributed by atoms with E-state index in [1.807, 2.05) is 0 Å². The van der Waals surface area contributed by atoms with E-state index in [2.05, 4.69) is 25.6 Å². The molecule has 3 rings (SSSR count). The fourth-order valence-corrected chi connectivity index (χ4v) is 1.98. The summed E-state index contributed by atoms with van der Waals surface area (Å²) < 4.78 is 49.6. The van der Waals surface area contributed by atoms with E-state index in [4.69, 9.17) is 4.42 Å². The van der Waals surface area contributed by atoms with Crippen molar-refractivity contribution >= 4 is 11.6 Å². The van der Waals surface area contributed by atoms with Crippen LogP contribution in [0.5, 0.6) is 5.88 Å². The fraction of sp³-hybridized carbons (Fsp3) is 0.0625. The predicted octanol–water partition coefficient (Wildman–Crippen LogP) is 2.92. The standard InChI is InChI=1S/C16H11F3N4O3/c1-25-16-12(19)5-9(6-20-16)22-23-14(24)13-7-21-15(26-13)8-2-3-10(17)11(18)4-8/h2-7,22H,1H3,(H,23,24). The van der Waals surface area contributed by atoms with Gasteiger partial charge in [0.15, 0.2) is 17.5 Å². The molecule has 0 unspecified atom stereocenters. The Hall–Kier alpha value is -3.56. The van der Waals surface area contributed by atoms with Crippen molar-refractivity contribution in [1.82, 2.24) is 15.4 Å². The molecule has 2 heterocycles. The summed E-state index contributed by atoms with van der Waals surface area (Å²) in [5.74, 6) is -3.96. The molecule has 0 aliphatic carbocycles. The van der Waals surface area contributed by atoms with E-state index < -0.39 is 23.4 Å². The summed E-state index contributed by atoms with van der Waals surface area (Å²) in [5, 5.41) is 0. The number of nitrogens with zero attached hydrogens (tertiary/aromatic N) is 2. The van der Waals surface area contributed by atoms with Crippen molar-refractivity contribution in [3.8, 4) is 17.3 Å². The number of methoxy groups -OCH3 is 1. The van der Waals surface area contributed by atoms with Crippen LogP contribution in [0.15, 0.2) is 41.1 Å². The number of oxazole rings is 1. The predicted molar refractivity (Wildman–Crippen MR) is 83.7 cm³/mol. The number of carbonyl (C=O) groups is 1. The van der Waals surface area contributed by atoms with E-state index in [9.17, 15) is 18.0 Å². The molecule has 0 saturated heterocycles. The third-order valence-electron chi connectivity index (χ3n) is 3.22. The van der Waals surface area contributed by atoms with Crippen molar-refractivity contribution in [3.63, 3.8) is 0 Å². The third-order valence-corrected chi connectivity index (χ3v) is 3.22. The molecule has 2 aromatic heterocycles. The number of halogens is 3. The number of hydrogen-bond donors (Lipinski definition) is 2. The molecule has 1 amide bonds. The number of benzene rings is 1. The average Bonchev–Trinajstić information content (AvgIpc) is 3.12. The number of hydrogen-bond acceptors (Lipinski definition) is 6. The second-order valence-corrected chi connectivity index (χ2v) is 4.95. The molecule has 26 heavy (non-hydrogen) atoms.